The van der Waals surface area contributed by atoms with Crippen LogP contribution in [0.25, 0.3) is 5.57 Å². The number of hydrogen-bond acceptors (Lipinski definition) is 4. The third kappa shape index (κ3) is 8.77. The van der Waals surface area contributed by atoms with Crippen LogP contribution in [0.2, 0.25) is 0 Å². The van der Waals surface area contributed by atoms with Crippen molar-refractivity contribution in [2.75, 3.05) is 32.8 Å². The Hall–Kier alpha value is -3.57. The average molecular weight is 515 g/mol. The van der Waals surface area contributed by atoms with Gasteiger partial charge in [-0.05, 0) is 78.9 Å². The summed E-state index contributed by atoms with van der Waals surface area (Å²) in [4.78, 5) is 14.3. The molecule has 1 amide bonds. The number of carbonyl (C=O) groups excluding carboxylic acids is 1. The molecule has 0 fully saturated rings. The Kier molecular flexibility index (Phi) is 11.9. The van der Waals surface area contributed by atoms with Crippen LogP contribution in [0.1, 0.15) is 57.2 Å². The predicted octanol–water partition coefficient (Wildman–Crippen LogP) is 7.36. The highest BCUT2D eigenvalue weighted by Gasteiger charge is 2.13. The van der Waals surface area contributed by atoms with Gasteiger partial charge in [0.05, 0.1) is 0 Å². The van der Waals surface area contributed by atoms with Crippen LogP contribution in [0.4, 0.5) is 4.79 Å². The van der Waals surface area contributed by atoms with Gasteiger partial charge in [-0.2, -0.15) is 0 Å². The molecule has 3 aromatic carbocycles. The van der Waals surface area contributed by atoms with Crippen LogP contribution >= 0.6 is 0 Å². The van der Waals surface area contributed by atoms with E-state index in [4.69, 9.17) is 9.47 Å². The highest BCUT2D eigenvalue weighted by Crippen LogP contribution is 2.32. The molecule has 0 spiro atoms. The van der Waals surface area contributed by atoms with Gasteiger partial charge >= 0.3 is 6.09 Å². The molecule has 5 heteroatoms. The number of amides is 1. The number of nitrogens with zero attached hydrogens (tertiary/aromatic N) is 1. The molecule has 0 bridgehead atoms. The lowest BCUT2D eigenvalue weighted by atomic mass is 9.88. The van der Waals surface area contributed by atoms with Gasteiger partial charge in [-0.3, -0.25) is 0 Å². The summed E-state index contributed by atoms with van der Waals surface area (Å²) in [5.41, 5.74) is 6.07. The molecule has 0 heterocycles. The van der Waals surface area contributed by atoms with E-state index in [0.717, 1.165) is 55.8 Å². The second-order valence-electron chi connectivity index (χ2n) is 9.23. The number of rotatable bonds is 14. The molecule has 0 unspecified atom stereocenters. The quantitative estimate of drug-likeness (QED) is 0.244. The first-order valence-electron chi connectivity index (χ1n) is 13.8. The molecule has 0 aliphatic carbocycles. The van der Waals surface area contributed by atoms with Crippen molar-refractivity contribution in [3.05, 3.63) is 101 Å². The van der Waals surface area contributed by atoms with Crippen molar-refractivity contribution in [2.45, 2.75) is 47.0 Å². The largest absolute Gasteiger partial charge is 0.492 e. The number of allylic oxidation sites excluding steroid dienone is 1. The smallest absolute Gasteiger partial charge is 0.412 e. The molecule has 0 radical (unpaired) electrons. The van der Waals surface area contributed by atoms with E-state index in [1.807, 2.05) is 37.3 Å². The molecule has 1 N–H and O–H groups in total. The standard InChI is InChI=1S/C33H42N2O3/c1-5-22-34-33(36)38-31-20-16-29(17-21-31)32(27(6-2)25-26-12-10-9-11-13-26)28-14-18-30(19-15-28)37-24-23-35(7-3)8-4/h9-21H,5-8,22-25H2,1-4H3,(H,34,36)/b32-27-. The minimum atomic E-state index is -0.426. The first-order chi connectivity index (χ1) is 18.6. The third-order valence-corrected chi connectivity index (χ3v) is 6.63. The van der Waals surface area contributed by atoms with E-state index >= 15 is 0 Å². The molecule has 3 aromatic rings. The van der Waals surface area contributed by atoms with Crippen molar-refractivity contribution in [1.29, 1.82) is 0 Å². The lowest BCUT2D eigenvalue weighted by Gasteiger charge is -2.19. The molecule has 202 valence electrons. The fraction of sp³-hybridized carbons (Fsp3) is 0.364. The molecule has 0 saturated carbocycles. The average Bonchev–Trinajstić information content (AvgIpc) is 2.96. The van der Waals surface area contributed by atoms with Crippen LogP contribution in [-0.4, -0.2) is 43.8 Å². The molecule has 0 aliphatic rings. The summed E-state index contributed by atoms with van der Waals surface area (Å²) >= 11 is 0. The summed E-state index contributed by atoms with van der Waals surface area (Å²) in [6.45, 7) is 12.8. The van der Waals surface area contributed by atoms with E-state index in [1.165, 1.54) is 16.7 Å². The zero-order valence-electron chi connectivity index (χ0n) is 23.3. The highest BCUT2D eigenvalue weighted by molar-refractivity contribution is 5.83. The molecule has 0 aromatic heterocycles. The highest BCUT2D eigenvalue weighted by atomic mass is 16.6. The van der Waals surface area contributed by atoms with E-state index in [0.29, 0.717) is 18.9 Å². The fourth-order valence-electron chi connectivity index (χ4n) is 4.42. The first kappa shape index (κ1) is 29.0. The van der Waals surface area contributed by atoms with Crippen molar-refractivity contribution in [3.63, 3.8) is 0 Å². The lowest BCUT2D eigenvalue weighted by Crippen LogP contribution is -2.27. The van der Waals surface area contributed by atoms with Crippen molar-refractivity contribution >= 4 is 11.7 Å². The van der Waals surface area contributed by atoms with Crippen LogP contribution in [0, 0.1) is 0 Å². The minimum Gasteiger partial charge on any atom is -0.492 e. The summed E-state index contributed by atoms with van der Waals surface area (Å²) in [7, 11) is 0. The summed E-state index contributed by atoms with van der Waals surface area (Å²) in [5, 5.41) is 2.75. The van der Waals surface area contributed by atoms with Crippen LogP contribution < -0.4 is 14.8 Å². The van der Waals surface area contributed by atoms with Gasteiger partial charge in [0.2, 0.25) is 0 Å². The van der Waals surface area contributed by atoms with Gasteiger partial charge in [0.15, 0.2) is 0 Å². The Labute approximate surface area is 228 Å². The van der Waals surface area contributed by atoms with Crippen LogP contribution in [0.3, 0.4) is 0 Å². The van der Waals surface area contributed by atoms with Crippen LogP contribution in [0.5, 0.6) is 11.5 Å². The van der Waals surface area contributed by atoms with E-state index < -0.39 is 6.09 Å². The van der Waals surface area contributed by atoms with Crippen molar-refractivity contribution in [1.82, 2.24) is 10.2 Å². The summed E-state index contributed by atoms with van der Waals surface area (Å²) in [6, 6.07) is 26.8. The number of benzene rings is 3. The summed E-state index contributed by atoms with van der Waals surface area (Å²) < 4.78 is 11.5. The minimum absolute atomic E-state index is 0.426. The van der Waals surface area contributed by atoms with Crippen molar-refractivity contribution in [3.8, 4) is 11.5 Å². The van der Waals surface area contributed by atoms with Gasteiger partial charge in [0.25, 0.3) is 0 Å². The second-order valence-corrected chi connectivity index (χ2v) is 9.23. The Morgan fingerprint density at radius 1 is 0.789 bits per heavy atom. The van der Waals surface area contributed by atoms with E-state index in [-0.39, 0.29) is 0 Å². The molecule has 5 nitrogen and oxygen atoms in total. The second kappa shape index (κ2) is 15.6. The maximum atomic E-state index is 12.0. The maximum absolute atomic E-state index is 12.0. The van der Waals surface area contributed by atoms with Gasteiger partial charge in [-0.1, -0.05) is 87.9 Å². The molecule has 0 aliphatic heterocycles. The normalized spacial score (nSPS) is 11.7. The number of likely N-dealkylation sites (N-methyl/N-ethyl adjacent to an activating group) is 1. The van der Waals surface area contributed by atoms with Crippen LogP contribution in [0.15, 0.2) is 84.4 Å². The Morgan fingerprint density at radius 2 is 1.39 bits per heavy atom. The molecule has 38 heavy (non-hydrogen) atoms. The van der Waals surface area contributed by atoms with Crippen LogP contribution in [-0.2, 0) is 6.42 Å². The topological polar surface area (TPSA) is 50.8 Å². The molecule has 0 saturated heterocycles. The SMILES string of the molecule is CCCNC(=O)Oc1ccc(/C(=C(/CC)Cc2ccccc2)c2ccc(OCCN(CC)CC)cc2)cc1. The third-order valence-electron chi connectivity index (χ3n) is 6.63. The van der Waals surface area contributed by atoms with E-state index in [9.17, 15) is 4.79 Å². The Bertz CT molecular complexity index is 1140. The number of carbonyl (C=O) groups is 1. The first-order valence-corrected chi connectivity index (χ1v) is 13.8. The van der Waals surface area contributed by atoms with Gasteiger partial charge in [0, 0.05) is 13.1 Å². The zero-order chi connectivity index (χ0) is 27.2. The fourth-order valence-corrected chi connectivity index (χ4v) is 4.42. The van der Waals surface area contributed by atoms with Gasteiger partial charge < -0.3 is 19.7 Å². The molecule has 3 rings (SSSR count). The van der Waals surface area contributed by atoms with E-state index in [1.54, 1.807) is 0 Å². The lowest BCUT2D eigenvalue weighted by molar-refractivity contribution is 0.200. The molecular formula is C33H42N2O3. The Balaban J connectivity index is 1.87. The molecule has 0 atom stereocenters. The zero-order valence-corrected chi connectivity index (χ0v) is 23.3. The number of nitrogens with one attached hydrogen (secondary N) is 1. The van der Waals surface area contributed by atoms with Crippen molar-refractivity contribution < 1.29 is 14.3 Å². The van der Waals surface area contributed by atoms with E-state index in [2.05, 4.69) is 79.5 Å². The van der Waals surface area contributed by atoms with Gasteiger partial charge in [-0.25, -0.2) is 4.79 Å². The number of ether oxygens (including phenoxy) is 2. The molecular weight excluding hydrogens is 472 g/mol. The van der Waals surface area contributed by atoms with Gasteiger partial charge in [-0.15, -0.1) is 0 Å². The van der Waals surface area contributed by atoms with Crippen molar-refractivity contribution in [2.24, 2.45) is 0 Å². The number of hydrogen-bond donors (Lipinski definition) is 1. The summed E-state index contributed by atoms with van der Waals surface area (Å²) in [5.74, 6) is 1.41. The van der Waals surface area contributed by atoms with Gasteiger partial charge in [0.1, 0.15) is 18.1 Å². The monoisotopic (exact) mass is 514 g/mol. The predicted molar refractivity (Wildman–Crippen MR) is 157 cm³/mol. The maximum Gasteiger partial charge on any atom is 0.412 e. The Morgan fingerprint density at radius 3 is 1.95 bits per heavy atom. The summed E-state index contributed by atoms with van der Waals surface area (Å²) in [6.07, 6.45) is 2.23.